The number of carbonyl (C=O) groups excluding carboxylic acids is 4. The van der Waals surface area contributed by atoms with Gasteiger partial charge < -0.3 is 19.5 Å². The first-order valence-corrected chi connectivity index (χ1v) is 24.0. The minimum atomic E-state index is -0.348. The number of fused-ring (bicyclic) bond motifs is 7. The van der Waals surface area contributed by atoms with Gasteiger partial charge in [-0.3, -0.25) is 19.2 Å². The molecule has 0 aromatic rings. The fourth-order valence-electron chi connectivity index (χ4n) is 14.3. The summed E-state index contributed by atoms with van der Waals surface area (Å²) in [5, 5.41) is 3.52. The van der Waals surface area contributed by atoms with Gasteiger partial charge in [0.05, 0.1) is 12.5 Å². The van der Waals surface area contributed by atoms with E-state index in [0.717, 1.165) is 95.1 Å². The zero-order valence-corrected chi connectivity index (χ0v) is 38.0. The Morgan fingerprint density at radius 3 is 2.09 bits per heavy atom. The van der Waals surface area contributed by atoms with E-state index >= 15 is 0 Å². The highest BCUT2D eigenvalue weighted by Gasteiger charge is 2.72. The average molecular weight is 814 g/mol. The molecule has 1 N–H and O–H groups in total. The quantitative estimate of drug-likeness (QED) is 0.0594. The van der Waals surface area contributed by atoms with Crippen molar-refractivity contribution < 1.29 is 33.4 Å². The number of nitrogens with one attached hydrogen (secondary N) is 1. The van der Waals surface area contributed by atoms with Gasteiger partial charge in [0.2, 0.25) is 5.91 Å². The van der Waals surface area contributed by atoms with Gasteiger partial charge in [0, 0.05) is 43.7 Å². The fourth-order valence-corrected chi connectivity index (χ4v) is 15.1. The van der Waals surface area contributed by atoms with Gasteiger partial charge >= 0.3 is 17.9 Å². The molecule has 0 radical (unpaired) electrons. The van der Waals surface area contributed by atoms with E-state index in [-0.39, 0.29) is 57.0 Å². The second-order valence-electron chi connectivity index (χ2n) is 20.4. The Kier molecular flexibility index (Phi) is 15.5. The minimum Gasteiger partial charge on any atom is -0.469 e. The molecular formula is C48H79NO7S. The highest BCUT2D eigenvalue weighted by atomic mass is 32.2. The smallest absolute Gasteiger partial charge is 0.305 e. The third-order valence-corrected chi connectivity index (χ3v) is 18.3. The molecule has 5 aliphatic rings. The van der Waals surface area contributed by atoms with Crippen LogP contribution in [0.4, 0.5) is 0 Å². The van der Waals surface area contributed by atoms with E-state index in [0.29, 0.717) is 42.6 Å². The van der Waals surface area contributed by atoms with E-state index in [2.05, 4.69) is 39.9 Å². The zero-order chi connectivity index (χ0) is 41.6. The molecule has 5 saturated carbocycles. The fraction of sp³-hybridized carbons (Fsp3) is 0.875. The van der Waals surface area contributed by atoms with Gasteiger partial charge in [-0.1, -0.05) is 85.3 Å². The number of methoxy groups -OCH3 is 1. The maximum Gasteiger partial charge on any atom is 0.305 e. The maximum atomic E-state index is 14.7. The Labute approximate surface area is 350 Å². The van der Waals surface area contributed by atoms with Gasteiger partial charge in [0.25, 0.3) is 0 Å². The second-order valence-corrected chi connectivity index (χ2v) is 21.5. The van der Waals surface area contributed by atoms with Crippen LogP contribution in [0.15, 0.2) is 12.2 Å². The topological polar surface area (TPSA) is 108 Å². The summed E-state index contributed by atoms with van der Waals surface area (Å²) in [6.45, 7) is 21.5. The number of rotatable bonds is 19. The van der Waals surface area contributed by atoms with Crippen molar-refractivity contribution in [2.24, 2.45) is 56.7 Å². The number of thioether (sulfide) groups is 1. The van der Waals surface area contributed by atoms with E-state index < -0.39 is 0 Å². The number of hydrogen-bond donors (Lipinski definition) is 1. The molecule has 0 aliphatic heterocycles. The van der Waals surface area contributed by atoms with Crippen molar-refractivity contribution >= 4 is 35.6 Å². The standard InChI is InChI=1S/C48H79NO7S/c1-33(32-57-31-30-55-34(2)50)36-21-26-48(43(53)49-29-17-15-13-11-10-12-14-16-18-41(52)54-9)28-27-46(7)37(42(36)48)19-20-39-45(6)24-23-40(56-35(3)51)44(4,5)38(45)22-25-47(39,46)8/h36-40,42H,1,10-32H2,2-9H3,(H,49,53)/t36-,37+,38-,39?,40-,42+,45-,46+,47+,48-/m0/s1. The predicted octanol–water partition coefficient (Wildman–Crippen LogP) is 10.7. The molecule has 5 rings (SSSR count). The highest BCUT2D eigenvalue weighted by molar-refractivity contribution is 7.99. The number of hydrogen-bond acceptors (Lipinski definition) is 8. The van der Waals surface area contributed by atoms with Gasteiger partial charge in [-0.05, 0) is 123 Å². The Morgan fingerprint density at radius 2 is 1.42 bits per heavy atom. The van der Waals surface area contributed by atoms with Crippen LogP contribution in [0.5, 0.6) is 0 Å². The number of amides is 1. The third kappa shape index (κ3) is 9.33. The van der Waals surface area contributed by atoms with Crippen molar-refractivity contribution in [3.8, 4) is 0 Å². The molecule has 0 saturated heterocycles. The van der Waals surface area contributed by atoms with Crippen LogP contribution in [-0.4, -0.2) is 61.7 Å². The number of esters is 3. The van der Waals surface area contributed by atoms with Crippen molar-refractivity contribution in [3.63, 3.8) is 0 Å². The van der Waals surface area contributed by atoms with Crippen LogP contribution in [0.2, 0.25) is 0 Å². The number of ether oxygens (including phenoxy) is 3. The van der Waals surface area contributed by atoms with Gasteiger partial charge in [-0.25, -0.2) is 0 Å². The molecule has 0 bridgehead atoms. The molecule has 57 heavy (non-hydrogen) atoms. The monoisotopic (exact) mass is 814 g/mol. The SMILES string of the molecule is C=C(CSCCOC(C)=O)[C@@H]1CC[C@]2(C(=O)NCCCCCCCCCCC(=O)OC)CC[C@]3(C)[C@H](CCC4[C@@]5(C)CC[C@H](OC(C)=O)C(C)(C)[C@@H]5CC[C@]43C)[C@@H]12. The molecule has 1 amide bonds. The largest absolute Gasteiger partial charge is 0.469 e. The lowest BCUT2D eigenvalue weighted by atomic mass is 9.32. The third-order valence-electron chi connectivity index (χ3n) is 17.3. The van der Waals surface area contributed by atoms with Gasteiger partial charge in [0.1, 0.15) is 12.7 Å². The van der Waals surface area contributed by atoms with Crippen LogP contribution in [0.3, 0.4) is 0 Å². The summed E-state index contributed by atoms with van der Waals surface area (Å²) in [4.78, 5) is 49.6. The summed E-state index contributed by atoms with van der Waals surface area (Å²) >= 11 is 1.80. The first kappa shape index (κ1) is 46.0. The van der Waals surface area contributed by atoms with Crippen LogP contribution in [-0.2, 0) is 33.4 Å². The predicted molar refractivity (Wildman–Crippen MR) is 229 cm³/mol. The molecule has 10 atom stereocenters. The zero-order valence-electron chi connectivity index (χ0n) is 37.2. The van der Waals surface area contributed by atoms with Crippen LogP contribution in [0, 0.1) is 56.7 Å². The van der Waals surface area contributed by atoms with Gasteiger partial charge in [-0.15, -0.1) is 0 Å². The lowest BCUT2D eigenvalue weighted by Gasteiger charge is -2.72. The van der Waals surface area contributed by atoms with Gasteiger partial charge in [0.15, 0.2) is 0 Å². The average Bonchev–Trinajstić information content (AvgIpc) is 3.56. The number of carbonyl (C=O) groups is 4. The maximum absolute atomic E-state index is 14.7. The van der Waals surface area contributed by atoms with Crippen molar-refractivity contribution in [2.75, 3.05) is 31.8 Å². The second kappa shape index (κ2) is 19.1. The first-order valence-electron chi connectivity index (χ1n) is 22.9. The summed E-state index contributed by atoms with van der Waals surface area (Å²) in [6, 6.07) is 0. The Morgan fingerprint density at radius 1 is 0.737 bits per heavy atom. The lowest BCUT2D eigenvalue weighted by Crippen LogP contribution is -2.67. The van der Waals surface area contributed by atoms with Crippen molar-refractivity contribution in [2.45, 2.75) is 177 Å². The summed E-state index contributed by atoms with van der Waals surface area (Å²) < 4.78 is 16.0. The van der Waals surface area contributed by atoms with E-state index in [4.69, 9.17) is 20.8 Å². The molecule has 0 aromatic heterocycles. The molecule has 5 fully saturated rings. The molecular weight excluding hydrogens is 735 g/mol. The summed E-state index contributed by atoms with van der Waals surface area (Å²) in [5.41, 5.74) is 1.34. The first-order chi connectivity index (χ1) is 27.0. The molecule has 8 nitrogen and oxygen atoms in total. The molecule has 0 heterocycles. The molecule has 0 aromatic carbocycles. The van der Waals surface area contributed by atoms with Crippen molar-refractivity contribution in [3.05, 3.63) is 12.2 Å². The van der Waals surface area contributed by atoms with Crippen molar-refractivity contribution in [1.82, 2.24) is 5.32 Å². The molecule has 0 spiro atoms. The van der Waals surface area contributed by atoms with E-state index in [1.165, 1.54) is 58.1 Å². The molecule has 1 unspecified atom stereocenters. The summed E-state index contributed by atoms with van der Waals surface area (Å²) in [5.74, 6) is 3.56. The Bertz CT molecular complexity index is 1450. The van der Waals surface area contributed by atoms with Crippen molar-refractivity contribution in [1.29, 1.82) is 0 Å². The molecule has 5 aliphatic carbocycles. The minimum absolute atomic E-state index is 0.0225. The van der Waals surface area contributed by atoms with Crippen LogP contribution >= 0.6 is 11.8 Å². The van der Waals surface area contributed by atoms with E-state index in [9.17, 15) is 19.2 Å². The highest BCUT2D eigenvalue weighted by Crippen LogP contribution is 2.77. The molecule has 324 valence electrons. The number of unbranched alkanes of at least 4 members (excludes halogenated alkanes) is 7. The Balaban J connectivity index is 1.28. The lowest BCUT2D eigenvalue weighted by molar-refractivity contribution is -0.248. The van der Waals surface area contributed by atoms with Crippen LogP contribution in [0.1, 0.15) is 170 Å². The van der Waals surface area contributed by atoms with Crippen LogP contribution < -0.4 is 5.32 Å². The van der Waals surface area contributed by atoms with E-state index in [1.807, 2.05) is 0 Å². The summed E-state index contributed by atoms with van der Waals surface area (Å²) in [7, 11) is 1.45. The summed E-state index contributed by atoms with van der Waals surface area (Å²) in [6.07, 6.45) is 20.1. The van der Waals surface area contributed by atoms with E-state index in [1.54, 1.807) is 18.7 Å². The van der Waals surface area contributed by atoms with Crippen LogP contribution in [0.25, 0.3) is 0 Å². The molecule has 9 heteroatoms. The Hall–Kier alpha value is -2.03. The normalized spacial score (nSPS) is 36.4. The van der Waals surface area contributed by atoms with Gasteiger partial charge in [-0.2, -0.15) is 11.8 Å².